The van der Waals surface area contributed by atoms with Crippen molar-refractivity contribution in [2.45, 2.75) is 25.1 Å². The molecule has 0 aromatic heterocycles. The van der Waals surface area contributed by atoms with Gasteiger partial charge in [-0.15, -0.1) is 11.8 Å². The van der Waals surface area contributed by atoms with Gasteiger partial charge in [0.25, 0.3) is 5.91 Å². The number of carbonyl (C=O) groups is 1. The van der Waals surface area contributed by atoms with E-state index in [0.717, 1.165) is 11.3 Å². The molecule has 5 heteroatoms. The van der Waals surface area contributed by atoms with Gasteiger partial charge in [0.2, 0.25) is 0 Å². The second-order valence-corrected chi connectivity index (χ2v) is 7.77. The lowest BCUT2D eigenvalue weighted by Gasteiger charge is -2.26. The second-order valence-electron chi connectivity index (χ2n) is 6.58. The number of hydrogen-bond donors (Lipinski definition) is 0. The largest absolute Gasteiger partial charge is 0.496 e. The highest BCUT2D eigenvalue weighted by Crippen LogP contribution is 2.41. The van der Waals surface area contributed by atoms with Crippen LogP contribution in [0.2, 0.25) is 0 Å². The van der Waals surface area contributed by atoms with Gasteiger partial charge in [0.05, 0.1) is 14.2 Å². The van der Waals surface area contributed by atoms with Gasteiger partial charge in [-0.2, -0.15) is 0 Å². The molecule has 4 nitrogen and oxygen atoms in total. The van der Waals surface area contributed by atoms with Crippen molar-refractivity contribution in [3.63, 3.8) is 0 Å². The van der Waals surface area contributed by atoms with E-state index in [9.17, 15) is 4.79 Å². The molecule has 0 bridgehead atoms. The number of benzene rings is 2. The normalized spacial score (nSPS) is 16.8. The SMILES string of the molecule is COc1cccc(OC)c1C(=O)N1CCS[C@@H]1c1ccc(C(C)C)cc1. The van der Waals surface area contributed by atoms with Crippen LogP contribution in [0.3, 0.4) is 0 Å². The molecular weight excluding hydrogens is 346 g/mol. The molecule has 0 aliphatic carbocycles. The molecule has 1 amide bonds. The maximum Gasteiger partial charge on any atom is 0.262 e. The molecule has 138 valence electrons. The molecule has 3 rings (SSSR count). The summed E-state index contributed by atoms with van der Waals surface area (Å²) in [4.78, 5) is 15.2. The third kappa shape index (κ3) is 3.54. The number of ether oxygens (including phenoxy) is 2. The lowest BCUT2D eigenvalue weighted by molar-refractivity contribution is 0.0753. The molecule has 0 saturated carbocycles. The maximum atomic E-state index is 13.3. The Hall–Kier alpha value is -2.14. The van der Waals surface area contributed by atoms with Gasteiger partial charge in [-0.25, -0.2) is 0 Å². The van der Waals surface area contributed by atoms with E-state index in [4.69, 9.17) is 9.47 Å². The minimum Gasteiger partial charge on any atom is -0.496 e. The number of carbonyl (C=O) groups excluding carboxylic acids is 1. The Morgan fingerprint density at radius 3 is 2.23 bits per heavy atom. The molecule has 1 heterocycles. The Balaban J connectivity index is 1.92. The molecule has 26 heavy (non-hydrogen) atoms. The van der Waals surface area contributed by atoms with Crippen molar-refractivity contribution < 1.29 is 14.3 Å². The Morgan fingerprint density at radius 2 is 1.69 bits per heavy atom. The molecule has 1 aliphatic rings. The van der Waals surface area contributed by atoms with Crippen molar-refractivity contribution in [1.29, 1.82) is 0 Å². The zero-order valence-electron chi connectivity index (χ0n) is 15.7. The monoisotopic (exact) mass is 371 g/mol. The molecule has 1 aliphatic heterocycles. The summed E-state index contributed by atoms with van der Waals surface area (Å²) in [5, 5.41) is 0.0123. The van der Waals surface area contributed by atoms with E-state index in [1.165, 1.54) is 5.56 Å². The molecule has 0 unspecified atom stereocenters. The molecule has 0 N–H and O–H groups in total. The van der Waals surface area contributed by atoms with E-state index in [0.29, 0.717) is 29.5 Å². The number of methoxy groups -OCH3 is 2. The van der Waals surface area contributed by atoms with E-state index in [1.54, 1.807) is 38.1 Å². The smallest absolute Gasteiger partial charge is 0.262 e. The predicted octanol–water partition coefficient (Wildman–Crippen LogP) is 4.72. The molecule has 1 atom stereocenters. The zero-order valence-corrected chi connectivity index (χ0v) is 16.5. The summed E-state index contributed by atoms with van der Waals surface area (Å²) < 4.78 is 10.8. The highest BCUT2D eigenvalue weighted by molar-refractivity contribution is 7.99. The van der Waals surface area contributed by atoms with E-state index in [2.05, 4.69) is 38.1 Å². The number of thioether (sulfide) groups is 1. The van der Waals surface area contributed by atoms with Gasteiger partial charge >= 0.3 is 0 Å². The summed E-state index contributed by atoms with van der Waals surface area (Å²) in [6.07, 6.45) is 0. The predicted molar refractivity (Wildman–Crippen MR) is 106 cm³/mol. The number of amides is 1. The van der Waals surface area contributed by atoms with Crippen LogP contribution in [0.15, 0.2) is 42.5 Å². The second kappa shape index (κ2) is 8.04. The number of nitrogens with zero attached hydrogens (tertiary/aromatic N) is 1. The quantitative estimate of drug-likeness (QED) is 0.763. The number of rotatable bonds is 5. The van der Waals surface area contributed by atoms with E-state index >= 15 is 0 Å². The van der Waals surface area contributed by atoms with Crippen LogP contribution in [-0.4, -0.2) is 37.3 Å². The summed E-state index contributed by atoms with van der Waals surface area (Å²) in [5.74, 6) is 2.44. The lowest BCUT2D eigenvalue weighted by Crippen LogP contribution is -2.31. The summed E-state index contributed by atoms with van der Waals surface area (Å²) in [7, 11) is 3.15. The van der Waals surface area contributed by atoms with Crippen LogP contribution in [0.25, 0.3) is 0 Å². The first-order valence-electron chi connectivity index (χ1n) is 8.80. The van der Waals surface area contributed by atoms with Crippen LogP contribution in [0, 0.1) is 0 Å². The van der Waals surface area contributed by atoms with Crippen LogP contribution in [0.4, 0.5) is 0 Å². The fourth-order valence-corrected chi connectivity index (χ4v) is 4.46. The summed E-state index contributed by atoms with van der Waals surface area (Å²) in [6, 6.07) is 14.0. The van der Waals surface area contributed by atoms with Crippen LogP contribution < -0.4 is 9.47 Å². The van der Waals surface area contributed by atoms with Gasteiger partial charge in [-0.05, 0) is 29.2 Å². The van der Waals surface area contributed by atoms with Crippen LogP contribution >= 0.6 is 11.8 Å². The number of hydrogen-bond acceptors (Lipinski definition) is 4. The maximum absolute atomic E-state index is 13.3. The summed E-state index contributed by atoms with van der Waals surface area (Å²) >= 11 is 1.79. The van der Waals surface area contributed by atoms with E-state index in [1.807, 2.05) is 11.0 Å². The minimum atomic E-state index is -0.0535. The van der Waals surface area contributed by atoms with Crippen molar-refractivity contribution in [3.8, 4) is 11.5 Å². The average Bonchev–Trinajstić information content (AvgIpc) is 3.16. The fraction of sp³-hybridized carbons (Fsp3) is 0.381. The summed E-state index contributed by atoms with van der Waals surface area (Å²) in [5.41, 5.74) is 2.95. The van der Waals surface area contributed by atoms with Gasteiger partial charge in [0.15, 0.2) is 0 Å². The van der Waals surface area contributed by atoms with E-state index in [-0.39, 0.29) is 11.3 Å². The van der Waals surface area contributed by atoms with Crippen molar-refractivity contribution in [1.82, 2.24) is 4.90 Å². The fourth-order valence-electron chi connectivity index (χ4n) is 3.21. The third-order valence-corrected chi connectivity index (χ3v) is 5.94. The molecule has 0 radical (unpaired) electrons. The van der Waals surface area contributed by atoms with Crippen molar-refractivity contribution in [2.24, 2.45) is 0 Å². The van der Waals surface area contributed by atoms with Crippen molar-refractivity contribution >= 4 is 17.7 Å². The van der Waals surface area contributed by atoms with Gasteiger partial charge in [0, 0.05) is 12.3 Å². The van der Waals surface area contributed by atoms with Crippen molar-refractivity contribution in [3.05, 3.63) is 59.2 Å². The Kier molecular flexibility index (Phi) is 5.77. The Morgan fingerprint density at radius 1 is 1.08 bits per heavy atom. The molecule has 2 aromatic rings. The first kappa shape index (κ1) is 18.6. The van der Waals surface area contributed by atoms with Gasteiger partial charge < -0.3 is 14.4 Å². The van der Waals surface area contributed by atoms with Gasteiger partial charge in [-0.3, -0.25) is 4.79 Å². The zero-order chi connectivity index (χ0) is 18.7. The Labute approximate surface area is 159 Å². The highest BCUT2D eigenvalue weighted by Gasteiger charge is 2.34. The Bertz CT molecular complexity index is 751. The molecule has 2 aromatic carbocycles. The lowest BCUT2D eigenvalue weighted by atomic mass is 10.0. The molecule has 1 fully saturated rings. The average molecular weight is 372 g/mol. The van der Waals surface area contributed by atoms with Crippen LogP contribution in [0.5, 0.6) is 11.5 Å². The standard InChI is InChI=1S/C21H25NO3S/c1-14(2)15-8-10-16(11-9-15)21-22(12-13-26-21)20(23)19-17(24-3)6-5-7-18(19)25-4/h5-11,14,21H,12-13H2,1-4H3/t21-/m1/s1. The first-order valence-corrected chi connectivity index (χ1v) is 9.85. The first-order chi connectivity index (χ1) is 12.6. The van der Waals surface area contributed by atoms with Crippen LogP contribution in [0.1, 0.15) is 46.6 Å². The van der Waals surface area contributed by atoms with Crippen LogP contribution in [-0.2, 0) is 0 Å². The molecule has 0 spiro atoms. The van der Waals surface area contributed by atoms with E-state index < -0.39 is 0 Å². The summed E-state index contributed by atoms with van der Waals surface area (Å²) in [6.45, 7) is 5.08. The van der Waals surface area contributed by atoms with Gasteiger partial charge in [-0.1, -0.05) is 44.2 Å². The topological polar surface area (TPSA) is 38.8 Å². The van der Waals surface area contributed by atoms with Crippen molar-refractivity contribution in [2.75, 3.05) is 26.5 Å². The van der Waals surface area contributed by atoms with Gasteiger partial charge in [0.1, 0.15) is 22.4 Å². The third-order valence-electron chi connectivity index (χ3n) is 4.68. The molecular formula is C21H25NO3S. The highest BCUT2D eigenvalue weighted by atomic mass is 32.2. The molecule has 1 saturated heterocycles. The minimum absolute atomic E-state index is 0.0123.